The summed E-state index contributed by atoms with van der Waals surface area (Å²) in [6, 6.07) is 15.5. The van der Waals surface area contributed by atoms with E-state index >= 15 is 0 Å². The van der Waals surface area contributed by atoms with Crippen LogP contribution in [-0.2, 0) is 11.3 Å². The number of nitrogens with one attached hydrogen (secondary N) is 1. The Morgan fingerprint density at radius 2 is 1.74 bits per heavy atom. The molecule has 27 heavy (non-hydrogen) atoms. The van der Waals surface area contributed by atoms with Crippen LogP contribution < -0.4 is 10.1 Å². The third-order valence-corrected chi connectivity index (χ3v) is 4.04. The smallest absolute Gasteiger partial charge is 0.405 e. The maximum atomic E-state index is 12.5. The predicted octanol–water partition coefficient (Wildman–Crippen LogP) is 4.28. The second-order valence-corrected chi connectivity index (χ2v) is 6.34. The standard InChI is InChI=1S/C20H23F3N2O2/c1-15(16-8-4-3-5-9-16)24-19(26)12-13-25(2)14-17-10-6-7-11-18(17)27-20(21,22)23/h3-11,15H,12-14H2,1-2H3,(H,24,26). The highest BCUT2D eigenvalue weighted by atomic mass is 19.4. The maximum absolute atomic E-state index is 12.5. The molecule has 0 bridgehead atoms. The fourth-order valence-corrected chi connectivity index (χ4v) is 2.66. The van der Waals surface area contributed by atoms with Crippen LogP contribution in [0.4, 0.5) is 13.2 Å². The Morgan fingerprint density at radius 1 is 1.11 bits per heavy atom. The van der Waals surface area contributed by atoms with Crippen LogP contribution in [0.2, 0.25) is 0 Å². The summed E-state index contributed by atoms with van der Waals surface area (Å²) in [4.78, 5) is 13.9. The highest BCUT2D eigenvalue weighted by Gasteiger charge is 2.32. The van der Waals surface area contributed by atoms with Gasteiger partial charge in [-0.2, -0.15) is 0 Å². The lowest BCUT2D eigenvalue weighted by Crippen LogP contribution is -2.30. The normalized spacial score (nSPS) is 12.7. The Hall–Kier alpha value is -2.54. The molecular weight excluding hydrogens is 357 g/mol. The number of alkyl halides is 3. The number of ether oxygens (including phenoxy) is 1. The SMILES string of the molecule is CC(NC(=O)CCN(C)Cc1ccccc1OC(F)(F)F)c1ccccc1. The number of nitrogens with zero attached hydrogens (tertiary/aromatic N) is 1. The van der Waals surface area contributed by atoms with Crippen LogP contribution in [-0.4, -0.2) is 30.8 Å². The van der Waals surface area contributed by atoms with Crippen molar-refractivity contribution in [3.63, 3.8) is 0 Å². The molecule has 0 fully saturated rings. The Kier molecular flexibility index (Phi) is 7.24. The van der Waals surface area contributed by atoms with Crippen molar-refractivity contribution >= 4 is 5.91 Å². The number of benzene rings is 2. The van der Waals surface area contributed by atoms with Crippen molar-refractivity contribution in [1.29, 1.82) is 0 Å². The lowest BCUT2D eigenvalue weighted by atomic mass is 10.1. The van der Waals surface area contributed by atoms with E-state index in [1.165, 1.54) is 12.1 Å². The summed E-state index contributed by atoms with van der Waals surface area (Å²) in [5.41, 5.74) is 1.42. The van der Waals surface area contributed by atoms with Crippen LogP contribution >= 0.6 is 0 Å². The first-order valence-corrected chi connectivity index (χ1v) is 8.61. The molecule has 0 radical (unpaired) electrons. The number of hydrogen-bond acceptors (Lipinski definition) is 3. The van der Waals surface area contributed by atoms with E-state index in [0.717, 1.165) is 5.56 Å². The molecule has 2 rings (SSSR count). The zero-order valence-electron chi connectivity index (χ0n) is 15.3. The van der Waals surface area contributed by atoms with Crippen LogP contribution in [0, 0.1) is 0 Å². The Balaban J connectivity index is 1.84. The molecule has 0 spiro atoms. The van der Waals surface area contributed by atoms with Crippen molar-refractivity contribution < 1.29 is 22.7 Å². The zero-order chi connectivity index (χ0) is 19.9. The lowest BCUT2D eigenvalue weighted by molar-refractivity contribution is -0.275. The average Bonchev–Trinajstić information content (AvgIpc) is 2.61. The van der Waals surface area contributed by atoms with Gasteiger partial charge in [-0.05, 0) is 25.6 Å². The van der Waals surface area contributed by atoms with Crippen LogP contribution in [0.3, 0.4) is 0 Å². The van der Waals surface area contributed by atoms with Gasteiger partial charge >= 0.3 is 6.36 Å². The number of para-hydroxylation sites is 1. The van der Waals surface area contributed by atoms with Crippen molar-refractivity contribution in [2.75, 3.05) is 13.6 Å². The number of hydrogen-bond donors (Lipinski definition) is 1. The molecule has 2 aromatic rings. The molecule has 4 nitrogen and oxygen atoms in total. The van der Waals surface area contributed by atoms with Crippen molar-refractivity contribution in [2.45, 2.75) is 32.3 Å². The van der Waals surface area contributed by atoms with Gasteiger partial charge in [-0.15, -0.1) is 13.2 Å². The maximum Gasteiger partial charge on any atom is 0.573 e. The minimum atomic E-state index is -4.73. The van der Waals surface area contributed by atoms with E-state index in [4.69, 9.17) is 0 Å². The molecule has 0 aromatic heterocycles. The highest BCUT2D eigenvalue weighted by molar-refractivity contribution is 5.76. The summed E-state index contributed by atoms with van der Waals surface area (Å²) in [5, 5.41) is 2.92. The van der Waals surface area contributed by atoms with Gasteiger partial charge in [0, 0.05) is 25.1 Å². The van der Waals surface area contributed by atoms with Gasteiger partial charge in [-0.1, -0.05) is 48.5 Å². The topological polar surface area (TPSA) is 41.6 Å². The quantitative estimate of drug-likeness (QED) is 0.743. The summed E-state index contributed by atoms with van der Waals surface area (Å²) in [7, 11) is 1.75. The minimum absolute atomic E-state index is 0.107. The molecule has 1 unspecified atom stereocenters. The van der Waals surface area contributed by atoms with Crippen LogP contribution in [0.25, 0.3) is 0 Å². The molecule has 0 aliphatic heterocycles. The van der Waals surface area contributed by atoms with Gasteiger partial charge in [0.1, 0.15) is 5.75 Å². The largest absolute Gasteiger partial charge is 0.573 e. The fraction of sp³-hybridized carbons (Fsp3) is 0.350. The molecule has 0 saturated heterocycles. The summed E-state index contributed by atoms with van der Waals surface area (Å²) in [6.07, 6.45) is -4.49. The predicted molar refractivity (Wildman–Crippen MR) is 97.1 cm³/mol. The monoisotopic (exact) mass is 380 g/mol. The van der Waals surface area contributed by atoms with Crippen molar-refractivity contribution in [2.24, 2.45) is 0 Å². The first kappa shape index (κ1) is 20.8. The number of rotatable bonds is 8. The van der Waals surface area contributed by atoms with Gasteiger partial charge in [0.15, 0.2) is 0 Å². The highest BCUT2D eigenvalue weighted by Crippen LogP contribution is 2.26. The van der Waals surface area contributed by atoms with Gasteiger partial charge in [-0.25, -0.2) is 0 Å². The van der Waals surface area contributed by atoms with Crippen LogP contribution in [0.1, 0.15) is 30.5 Å². The second kappa shape index (κ2) is 9.41. The second-order valence-electron chi connectivity index (χ2n) is 6.34. The molecule has 1 atom stereocenters. The fourth-order valence-electron chi connectivity index (χ4n) is 2.66. The number of halogens is 3. The summed E-state index contributed by atoms with van der Waals surface area (Å²) in [5.74, 6) is -0.336. The molecule has 7 heteroatoms. The van der Waals surface area contributed by atoms with Gasteiger partial charge < -0.3 is 15.0 Å². The number of carbonyl (C=O) groups excluding carboxylic acids is 1. The first-order valence-electron chi connectivity index (χ1n) is 8.61. The first-order chi connectivity index (χ1) is 12.7. The third-order valence-electron chi connectivity index (χ3n) is 4.04. The molecule has 0 aliphatic rings. The Bertz CT molecular complexity index is 736. The van der Waals surface area contributed by atoms with Crippen LogP contribution in [0.5, 0.6) is 5.75 Å². The average molecular weight is 380 g/mol. The van der Waals surface area contributed by atoms with Gasteiger partial charge in [-0.3, -0.25) is 4.79 Å². The Morgan fingerprint density at radius 3 is 2.41 bits per heavy atom. The van der Waals surface area contributed by atoms with Crippen LogP contribution in [0.15, 0.2) is 54.6 Å². The summed E-state index contributed by atoms with van der Waals surface area (Å²) >= 11 is 0. The molecular formula is C20H23F3N2O2. The van der Waals surface area contributed by atoms with Crippen molar-refractivity contribution in [3.05, 3.63) is 65.7 Å². The van der Waals surface area contributed by atoms with E-state index in [1.807, 2.05) is 37.3 Å². The molecule has 0 aliphatic carbocycles. The summed E-state index contributed by atoms with van der Waals surface area (Å²) < 4.78 is 41.5. The molecule has 1 N–H and O–H groups in total. The van der Waals surface area contributed by atoms with E-state index in [0.29, 0.717) is 12.1 Å². The molecule has 0 heterocycles. The van der Waals surface area contributed by atoms with E-state index in [2.05, 4.69) is 10.1 Å². The number of carbonyl (C=O) groups is 1. The molecule has 2 aromatic carbocycles. The lowest BCUT2D eigenvalue weighted by Gasteiger charge is -2.20. The van der Waals surface area contributed by atoms with E-state index in [-0.39, 0.29) is 30.7 Å². The third kappa shape index (κ3) is 7.30. The van der Waals surface area contributed by atoms with Gasteiger partial charge in [0.25, 0.3) is 0 Å². The zero-order valence-corrected chi connectivity index (χ0v) is 15.3. The molecule has 0 saturated carbocycles. The van der Waals surface area contributed by atoms with E-state index in [1.54, 1.807) is 24.1 Å². The molecule has 146 valence electrons. The van der Waals surface area contributed by atoms with Gasteiger partial charge in [0.05, 0.1) is 6.04 Å². The number of amides is 1. The van der Waals surface area contributed by atoms with Crippen molar-refractivity contribution in [3.8, 4) is 5.75 Å². The molecule has 1 amide bonds. The van der Waals surface area contributed by atoms with E-state index in [9.17, 15) is 18.0 Å². The van der Waals surface area contributed by atoms with E-state index < -0.39 is 6.36 Å². The summed E-state index contributed by atoms with van der Waals surface area (Å²) in [6.45, 7) is 2.56. The Labute approximate surface area is 156 Å². The van der Waals surface area contributed by atoms with Crippen molar-refractivity contribution in [1.82, 2.24) is 10.2 Å². The minimum Gasteiger partial charge on any atom is -0.405 e. The van der Waals surface area contributed by atoms with Gasteiger partial charge in [0.2, 0.25) is 5.91 Å².